The van der Waals surface area contributed by atoms with Crippen molar-refractivity contribution >= 4 is 24.5 Å². The van der Waals surface area contributed by atoms with Gasteiger partial charge in [0.2, 0.25) is 0 Å². The quantitative estimate of drug-likeness (QED) is 0.613. The molecule has 0 aliphatic carbocycles. The van der Waals surface area contributed by atoms with Gasteiger partial charge in [0.1, 0.15) is 11.5 Å². The number of carbonyl (C=O) groups excluding carboxylic acids is 1. The van der Waals surface area contributed by atoms with Crippen LogP contribution in [0.25, 0.3) is 6.08 Å². The van der Waals surface area contributed by atoms with E-state index in [-0.39, 0.29) is 12.4 Å². The highest BCUT2D eigenvalue weighted by atomic mass is 35.5. The zero-order chi connectivity index (χ0) is 9.68. The van der Waals surface area contributed by atoms with Gasteiger partial charge >= 0.3 is 5.97 Å². The summed E-state index contributed by atoms with van der Waals surface area (Å²) in [6.07, 6.45) is 2.82. The number of hydrogen-bond acceptors (Lipinski definition) is 4. The molecule has 0 saturated heterocycles. The molecule has 0 atom stereocenters. The second kappa shape index (κ2) is 6.23. The van der Waals surface area contributed by atoms with Crippen LogP contribution in [0.1, 0.15) is 11.5 Å². The minimum absolute atomic E-state index is 0. The highest BCUT2D eigenvalue weighted by Gasteiger charge is 1.97. The van der Waals surface area contributed by atoms with Crippen molar-refractivity contribution in [3.63, 3.8) is 0 Å². The molecule has 5 heteroatoms. The van der Waals surface area contributed by atoms with Gasteiger partial charge in [0.15, 0.2) is 0 Å². The van der Waals surface area contributed by atoms with Crippen LogP contribution in [0.2, 0.25) is 0 Å². The summed E-state index contributed by atoms with van der Waals surface area (Å²) in [6, 6.07) is 3.50. The largest absolute Gasteiger partial charge is 0.466 e. The van der Waals surface area contributed by atoms with E-state index in [0.29, 0.717) is 18.1 Å². The second-order valence-corrected chi connectivity index (χ2v) is 2.36. The van der Waals surface area contributed by atoms with Crippen LogP contribution >= 0.6 is 12.4 Å². The predicted octanol–water partition coefficient (Wildman–Crippen LogP) is 1.35. The topological polar surface area (TPSA) is 65.5 Å². The molecule has 0 unspecified atom stereocenters. The molecule has 0 radical (unpaired) electrons. The van der Waals surface area contributed by atoms with Crippen LogP contribution in [0.5, 0.6) is 0 Å². The molecule has 4 nitrogen and oxygen atoms in total. The van der Waals surface area contributed by atoms with Gasteiger partial charge in [-0.05, 0) is 18.2 Å². The maximum Gasteiger partial charge on any atom is 0.330 e. The molecule has 78 valence electrons. The lowest BCUT2D eigenvalue weighted by Gasteiger charge is -1.89. The van der Waals surface area contributed by atoms with Crippen LogP contribution in [0.3, 0.4) is 0 Å². The zero-order valence-corrected chi connectivity index (χ0v) is 8.54. The van der Waals surface area contributed by atoms with Crippen molar-refractivity contribution in [1.82, 2.24) is 0 Å². The van der Waals surface area contributed by atoms with Gasteiger partial charge in [-0.3, -0.25) is 0 Å². The van der Waals surface area contributed by atoms with Gasteiger partial charge in [-0.15, -0.1) is 12.4 Å². The normalized spacial score (nSPS) is 9.86. The van der Waals surface area contributed by atoms with Gasteiger partial charge in [0.25, 0.3) is 0 Å². The molecule has 1 aromatic heterocycles. The number of ether oxygens (including phenoxy) is 1. The fourth-order valence-corrected chi connectivity index (χ4v) is 0.812. The molecule has 0 spiro atoms. The Labute approximate surface area is 88.1 Å². The van der Waals surface area contributed by atoms with E-state index in [2.05, 4.69) is 4.74 Å². The van der Waals surface area contributed by atoms with Crippen molar-refractivity contribution in [2.24, 2.45) is 5.73 Å². The molecule has 0 aromatic carbocycles. The monoisotopic (exact) mass is 217 g/mol. The first-order valence-corrected chi connectivity index (χ1v) is 3.81. The highest BCUT2D eigenvalue weighted by molar-refractivity contribution is 5.86. The molecule has 14 heavy (non-hydrogen) atoms. The number of rotatable bonds is 3. The molecule has 0 bridgehead atoms. The molecule has 2 N–H and O–H groups in total. The number of halogens is 1. The van der Waals surface area contributed by atoms with Gasteiger partial charge < -0.3 is 14.9 Å². The van der Waals surface area contributed by atoms with E-state index < -0.39 is 5.97 Å². The number of hydrogen-bond donors (Lipinski definition) is 1. The Bertz CT molecular complexity index is 320. The first kappa shape index (κ1) is 12.7. The van der Waals surface area contributed by atoms with Gasteiger partial charge in [-0.25, -0.2) is 4.79 Å². The van der Waals surface area contributed by atoms with Crippen LogP contribution in [0, 0.1) is 0 Å². The molecule has 0 saturated carbocycles. The molecular formula is C9H12ClNO3. The van der Waals surface area contributed by atoms with Crippen molar-refractivity contribution < 1.29 is 13.9 Å². The minimum Gasteiger partial charge on any atom is -0.466 e. The van der Waals surface area contributed by atoms with Crippen molar-refractivity contribution in [2.75, 3.05) is 7.11 Å². The van der Waals surface area contributed by atoms with Crippen LogP contribution in [-0.2, 0) is 16.1 Å². The summed E-state index contributed by atoms with van der Waals surface area (Å²) in [7, 11) is 1.32. The van der Waals surface area contributed by atoms with E-state index in [9.17, 15) is 4.79 Å². The third kappa shape index (κ3) is 3.64. The summed E-state index contributed by atoms with van der Waals surface area (Å²) in [6.45, 7) is 0.353. The standard InChI is InChI=1S/C9H11NO3.ClH/c1-12-9(11)5-4-7-2-3-8(6-10)13-7;/h2-5H,6,10H2,1H3;1H/b5-4+;. The van der Waals surface area contributed by atoms with E-state index in [1.807, 2.05) is 0 Å². The molecule has 0 amide bonds. The van der Waals surface area contributed by atoms with Crippen LogP contribution in [0.15, 0.2) is 22.6 Å². The molecule has 0 fully saturated rings. The van der Waals surface area contributed by atoms with Gasteiger partial charge in [0, 0.05) is 6.08 Å². The van der Waals surface area contributed by atoms with Crippen molar-refractivity contribution in [3.05, 3.63) is 29.7 Å². The Hall–Kier alpha value is -1.26. The number of nitrogens with two attached hydrogens (primary N) is 1. The zero-order valence-electron chi connectivity index (χ0n) is 7.73. The Morgan fingerprint density at radius 3 is 2.86 bits per heavy atom. The second-order valence-electron chi connectivity index (χ2n) is 2.36. The summed E-state index contributed by atoms with van der Waals surface area (Å²) in [5.74, 6) is 0.862. The van der Waals surface area contributed by atoms with Crippen molar-refractivity contribution in [3.8, 4) is 0 Å². The molecule has 0 aliphatic heterocycles. The summed E-state index contributed by atoms with van der Waals surface area (Å²) in [5, 5.41) is 0. The third-order valence-corrected chi connectivity index (χ3v) is 1.47. The van der Waals surface area contributed by atoms with Crippen LogP contribution in [-0.4, -0.2) is 13.1 Å². The summed E-state index contributed by atoms with van der Waals surface area (Å²) < 4.78 is 9.62. The molecule has 1 heterocycles. The van der Waals surface area contributed by atoms with Gasteiger partial charge in [-0.2, -0.15) is 0 Å². The van der Waals surface area contributed by atoms with E-state index in [0.717, 1.165) is 0 Å². The third-order valence-electron chi connectivity index (χ3n) is 1.47. The van der Waals surface area contributed by atoms with E-state index in [1.165, 1.54) is 19.3 Å². The van der Waals surface area contributed by atoms with E-state index in [1.54, 1.807) is 12.1 Å². The first-order valence-electron chi connectivity index (χ1n) is 3.81. The van der Waals surface area contributed by atoms with Gasteiger partial charge in [-0.1, -0.05) is 0 Å². The average Bonchev–Trinajstić information content (AvgIpc) is 2.61. The Morgan fingerprint density at radius 1 is 1.64 bits per heavy atom. The van der Waals surface area contributed by atoms with Crippen molar-refractivity contribution in [2.45, 2.75) is 6.54 Å². The maximum atomic E-state index is 10.7. The molecule has 1 rings (SSSR count). The van der Waals surface area contributed by atoms with E-state index in [4.69, 9.17) is 10.2 Å². The van der Waals surface area contributed by atoms with Crippen LogP contribution < -0.4 is 5.73 Å². The summed E-state index contributed by atoms with van der Waals surface area (Å²) in [4.78, 5) is 10.7. The van der Waals surface area contributed by atoms with Crippen molar-refractivity contribution in [1.29, 1.82) is 0 Å². The number of carbonyl (C=O) groups is 1. The lowest BCUT2D eigenvalue weighted by atomic mass is 10.4. The maximum absolute atomic E-state index is 10.7. The minimum atomic E-state index is -0.411. The Kier molecular flexibility index (Phi) is 5.67. The lowest BCUT2D eigenvalue weighted by molar-refractivity contribution is -0.134. The molecule has 0 aliphatic rings. The van der Waals surface area contributed by atoms with Crippen LogP contribution in [0.4, 0.5) is 0 Å². The summed E-state index contributed by atoms with van der Waals surface area (Å²) >= 11 is 0. The SMILES string of the molecule is COC(=O)/C=C/c1ccc(CN)o1.Cl. The predicted molar refractivity (Wildman–Crippen MR) is 54.9 cm³/mol. The fourth-order valence-electron chi connectivity index (χ4n) is 0.812. The van der Waals surface area contributed by atoms with Gasteiger partial charge in [0.05, 0.1) is 13.7 Å². The highest BCUT2D eigenvalue weighted by Crippen LogP contribution is 2.08. The Balaban J connectivity index is 0.00000169. The molecule has 1 aromatic rings. The number of methoxy groups -OCH3 is 1. The Morgan fingerprint density at radius 2 is 2.36 bits per heavy atom. The number of furan rings is 1. The fraction of sp³-hybridized carbons (Fsp3) is 0.222. The van der Waals surface area contributed by atoms with E-state index >= 15 is 0 Å². The average molecular weight is 218 g/mol. The number of esters is 1. The molecular weight excluding hydrogens is 206 g/mol. The first-order chi connectivity index (χ1) is 6.26. The lowest BCUT2D eigenvalue weighted by Crippen LogP contribution is -1.93. The smallest absolute Gasteiger partial charge is 0.330 e. The summed E-state index contributed by atoms with van der Waals surface area (Å²) in [5.41, 5.74) is 5.34.